The number of piperidine rings is 1. The molecule has 3 heteroatoms. The Morgan fingerprint density at radius 3 is 2.47 bits per heavy atom. The highest BCUT2D eigenvalue weighted by Gasteiger charge is 2.18. The predicted octanol–water partition coefficient (Wildman–Crippen LogP) is 3.83. The van der Waals surface area contributed by atoms with Crippen LogP contribution in [0, 0.1) is 5.92 Å². The van der Waals surface area contributed by atoms with Crippen molar-refractivity contribution in [1.29, 1.82) is 0 Å². The maximum atomic E-state index is 3.69. The van der Waals surface area contributed by atoms with E-state index in [9.17, 15) is 0 Å². The van der Waals surface area contributed by atoms with E-state index in [1.165, 1.54) is 38.0 Å². The molecule has 0 aromatic heterocycles. The van der Waals surface area contributed by atoms with Crippen molar-refractivity contribution in [3.05, 3.63) is 34.3 Å². The summed E-state index contributed by atoms with van der Waals surface area (Å²) in [6.45, 7) is 9.41. The molecule has 0 bridgehead atoms. The molecule has 0 amide bonds. The van der Waals surface area contributed by atoms with Crippen LogP contribution in [0.25, 0.3) is 0 Å². The molecule has 0 saturated carbocycles. The van der Waals surface area contributed by atoms with Crippen molar-refractivity contribution in [2.24, 2.45) is 5.92 Å². The molecular weight excluding hydrogens is 300 g/mol. The van der Waals surface area contributed by atoms with Gasteiger partial charge in [-0.25, -0.2) is 0 Å². The zero-order valence-electron chi connectivity index (χ0n) is 12.0. The molecule has 1 heterocycles. The minimum absolute atomic E-state index is 0.442. The molecule has 1 aromatic carbocycles. The zero-order valence-corrected chi connectivity index (χ0v) is 13.6. The summed E-state index contributed by atoms with van der Waals surface area (Å²) in [7, 11) is 0. The van der Waals surface area contributed by atoms with Crippen LogP contribution in [0.2, 0.25) is 0 Å². The first kappa shape index (κ1) is 15.0. The van der Waals surface area contributed by atoms with E-state index in [1.54, 1.807) is 0 Å². The molecule has 2 nitrogen and oxygen atoms in total. The van der Waals surface area contributed by atoms with Crippen LogP contribution < -0.4 is 5.32 Å². The highest BCUT2D eigenvalue weighted by Crippen LogP contribution is 2.19. The fourth-order valence-electron chi connectivity index (χ4n) is 2.72. The van der Waals surface area contributed by atoms with Crippen LogP contribution in [-0.2, 0) is 0 Å². The van der Waals surface area contributed by atoms with Crippen LogP contribution in [0.1, 0.15) is 38.3 Å². The SMILES string of the molecule is CCN1CCC(CNC(C)c2ccc(Br)cc2)CC1. The molecule has 1 atom stereocenters. The molecule has 2 rings (SSSR count). The maximum absolute atomic E-state index is 3.69. The summed E-state index contributed by atoms with van der Waals surface area (Å²) >= 11 is 3.48. The molecule has 1 unspecified atom stereocenters. The quantitative estimate of drug-likeness (QED) is 0.885. The second-order valence-corrected chi connectivity index (χ2v) is 6.47. The summed E-state index contributed by atoms with van der Waals surface area (Å²) < 4.78 is 1.15. The van der Waals surface area contributed by atoms with Gasteiger partial charge >= 0.3 is 0 Å². The number of likely N-dealkylation sites (tertiary alicyclic amines) is 1. The zero-order chi connectivity index (χ0) is 13.7. The van der Waals surface area contributed by atoms with Crippen LogP contribution >= 0.6 is 15.9 Å². The lowest BCUT2D eigenvalue weighted by molar-refractivity contribution is 0.188. The molecular formula is C16H25BrN2. The van der Waals surface area contributed by atoms with Gasteiger partial charge in [0.15, 0.2) is 0 Å². The van der Waals surface area contributed by atoms with E-state index in [2.05, 4.69) is 64.3 Å². The summed E-state index contributed by atoms with van der Waals surface area (Å²) in [5, 5.41) is 3.69. The summed E-state index contributed by atoms with van der Waals surface area (Å²) in [5.41, 5.74) is 1.37. The van der Waals surface area contributed by atoms with E-state index in [4.69, 9.17) is 0 Å². The van der Waals surface area contributed by atoms with Crippen LogP contribution in [0.15, 0.2) is 28.7 Å². The molecule has 19 heavy (non-hydrogen) atoms. The summed E-state index contributed by atoms with van der Waals surface area (Å²) in [5.74, 6) is 0.848. The van der Waals surface area contributed by atoms with Crippen molar-refractivity contribution < 1.29 is 0 Å². The molecule has 1 aliphatic rings. The first-order valence-corrected chi connectivity index (χ1v) is 8.19. The van der Waals surface area contributed by atoms with Gasteiger partial charge in [-0.15, -0.1) is 0 Å². The molecule has 0 spiro atoms. The Kier molecular flexibility index (Phi) is 5.86. The third kappa shape index (κ3) is 4.59. The normalized spacial score (nSPS) is 19.5. The average molecular weight is 325 g/mol. The van der Waals surface area contributed by atoms with E-state index in [-0.39, 0.29) is 0 Å². The Labute approximate surface area is 125 Å². The van der Waals surface area contributed by atoms with E-state index in [0.717, 1.165) is 16.9 Å². The number of halogens is 1. The molecule has 0 radical (unpaired) electrons. The molecule has 1 aromatic rings. The molecule has 1 saturated heterocycles. The Hall–Kier alpha value is -0.380. The van der Waals surface area contributed by atoms with Gasteiger partial charge in [0.05, 0.1) is 0 Å². The van der Waals surface area contributed by atoms with Crippen LogP contribution in [0.3, 0.4) is 0 Å². The van der Waals surface area contributed by atoms with Gasteiger partial charge in [0.1, 0.15) is 0 Å². The van der Waals surface area contributed by atoms with Gasteiger partial charge in [-0.05, 0) is 69.6 Å². The standard InChI is InChI=1S/C16H25BrN2/c1-3-19-10-8-14(9-11-19)12-18-13(2)15-4-6-16(17)7-5-15/h4-7,13-14,18H,3,8-12H2,1-2H3. The van der Waals surface area contributed by atoms with Gasteiger partial charge in [0.25, 0.3) is 0 Å². The van der Waals surface area contributed by atoms with Crippen LogP contribution in [0.4, 0.5) is 0 Å². The number of benzene rings is 1. The van der Waals surface area contributed by atoms with Crippen molar-refractivity contribution in [2.75, 3.05) is 26.2 Å². The fourth-order valence-corrected chi connectivity index (χ4v) is 2.98. The Morgan fingerprint density at radius 2 is 1.89 bits per heavy atom. The van der Waals surface area contributed by atoms with Gasteiger partial charge in [-0.3, -0.25) is 0 Å². The molecule has 106 valence electrons. The van der Waals surface area contributed by atoms with Crippen molar-refractivity contribution in [3.8, 4) is 0 Å². The monoisotopic (exact) mass is 324 g/mol. The number of hydrogen-bond acceptors (Lipinski definition) is 2. The Balaban J connectivity index is 1.75. The first-order chi connectivity index (χ1) is 9.19. The van der Waals surface area contributed by atoms with E-state index in [0.29, 0.717) is 6.04 Å². The topological polar surface area (TPSA) is 15.3 Å². The number of rotatable bonds is 5. The van der Waals surface area contributed by atoms with E-state index >= 15 is 0 Å². The lowest BCUT2D eigenvalue weighted by Crippen LogP contribution is -2.37. The third-order valence-electron chi connectivity index (χ3n) is 4.24. The Bertz CT molecular complexity index is 369. The van der Waals surface area contributed by atoms with Crippen molar-refractivity contribution >= 4 is 15.9 Å². The summed E-state index contributed by atoms with van der Waals surface area (Å²) in [6, 6.07) is 9.07. The second kappa shape index (κ2) is 7.41. The Morgan fingerprint density at radius 1 is 1.26 bits per heavy atom. The lowest BCUT2D eigenvalue weighted by atomic mass is 9.96. The smallest absolute Gasteiger partial charge is 0.0291 e. The van der Waals surface area contributed by atoms with Gasteiger partial charge in [-0.2, -0.15) is 0 Å². The van der Waals surface area contributed by atoms with Crippen LogP contribution in [-0.4, -0.2) is 31.1 Å². The fraction of sp³-hybridized carbons (Fsp3) is 0.625. The molecule has 1 fully saturated rings. The van der Waals surface area contributed by atoms with Crippen molar-refractivity contribution in [1.82, 2.24) is 10.2 Å². The van der Waals surface area contributed by atoms with Gasteiger partial charge < -0.3 is 10.2 Å². The third-order valence-corrected chi connectivity index (χ3v) is 4.77. The predicted molar refractivity (Wildman–Crippen MR) is 85.4 cm³/mol. The maximum Gasteiger partial charge on any atom is 0.0291 e. The minimum atomic E-state index is 0.442. The molecule has 1 N–H and O–H groups in total. The van der Waals surface area contributed by atoms with E-state index in [1.807, 2.05) is 0 Å². The lowest BCUT2D eigenvalue weighted by Gasteiger charge is -2.31. The highest BCUT2D eigenvalue weighted by atomic mass is 79.9. The number of nitrogens with one attached hydrogen (secondary N) is 1. The van der Waals surface area contributed by atoms with Gasteiger partial charge in [0.2, 0.25) is 0 Å². The summed E-state index contributed by atoms with van der Waals surface area (Å²) in [4.78, 5) is 2.55. The number of nitrogens with zero attached hydrogens (tertiary/aromatic N) is 1. The second-order valence-electron chi connectivity index (χ2n) is 5.56. The highest BCUT2D eigenvalue weighted by molar-refractivity contribution is 9.10. The first-order valence-electron chi connectivity index (χ1n) is 7.40. The average Bonchev–Trinajstić information content (AvgIpc) is 2.46. The van der Waals surface area contributed by atoms with Crippen molar-refractivity contribution in [3.63, 3.8) is 0 Å². The summed E-state index contributed by atoms with van der Waals surface area (Å²) in [6.07, 6.45) is 2.68. The van der Waals surface area contributed by atoms with Crippen LogP contribution in [0.5, 0.6) is 0 Å². The largest absolute Gasteiger partial charge is 0.310 e. The number of hydrogen-bond donors (Lipinski definition) is 1. The van der Waals surface area contributed by atoms with Gasteiger partial charge in [0, 0.05) is 10.5 Å². The van der Waals surface area contributed by atoms with Crippen molar-refractivity contribution in [2.45, 2.75) is 32.7 Å². The van der Waals surface area contributed by atoms with E-state index < -0.39 is 0 Å². The molecule has 0 aliphatic carbocycles. The minimum Gasteiger partial charge on any atom is -0.310 e. The molecule has 1 aliphatic heterocycles. The van der Waals surface area contributed by atoms with Gasteiger partial charge in [-0.1, -0.05) is 35.0 Å².